The quantitative estimate of drug-likeness (QED) is 0.133. The van der Waals surface area contributed by atoms with E-state index in [-0.39, 0.29) is 67.8 Å². The molecule has 0 bridgehead atoms. The molecule has 2 spiro atoms. The summed E-state index contributed by atoms with van der Waals surface area (Å²) in [7, 11) is 0. The molecule has 16 nitrogen and oxygen atoms in total. The van der Waals surface area contributed by atoms with Gasteiger partial charge in [-0.15, -0.1) is 0 Å². The number of hydrogen-bond acceptors (Lipinski definition) is 16. The Bertz CT molecular complexity index is 3780. The molecule has 0 atom stereocenters. The largest absolute Gasteiger partial charge is 0.508 e. The van der Waals surface area contributed by atoms with Crippen LogP contribution < -0.4 is 19.3 Å². The first kappa shape index (κ1) is 51.7. The van der Waals surface area contributed by atoms with Crippen molar-refractivity contribution in [3.63, 3.8) is 0 Å². The molecule has 2 N–H and O–H groups in total. The molecule has 8 aromatic rings. The Morgan fingerprint density at radius 3 is 1.45 bits per heavy atom. The molecule has 0 aliphatic carbocycles. The van der Waals surface area contributed by atoms with Crippen molar-refractivity contribution in [1.29, 1.82) is 0 Å². The van der Waals surface area contributed by atoms with Gasteiger partial charge in [-0.2, -0.15) is 19.9 Å². The van der Waals surface area contributed by atoms with Crippen LogP contribution in [0.1, 0.15) is 77.0 Å². The van der Waals surface area contributed by atoms with Crippen LogP contribution in [0.2, 0.25) is 0 Å². The predicted molar refractivity (Wildman–Crippen MR) is 310 cm³/mol. The van der Waals surface area contributed by atoms with Crippen LogP contribution in [0.3, 0.4) is 0 Å². The number of piperidine rings is 1. The Labute approximate surface area is 474 Å². The number of hydrogen-bond donors (Lipinski definition) is 2. The fourth-order valence-corrected chi connectivity index (χ4v) is 15.4. The molecule has 424 valence electrons. The van der Waals surface area contributed by atoms with Gasteiger partial charge < -0.3 is 39.0 Å². The average Bonchev–Trinajstić information content (AvgIpc) is 4.12. The minimum Gasteiger partial charge on any atom is -0.508 e. The topological polar surface area (TPSA) is 168 Å². The number of ether oxygens (including phenoxy) is 4. The second kappa shape index (κ2) is 20.3. The highest BCUT2D eigenvalue weighted by atomic mass is 19.1. The lowest BCUT2D eigenvalue weighted by Crippen LogP contribution is -2.60. The molecular formula is C64H68F2N10O6. The van der Waals surface area contributed by atoms with E-state index in [1.54, 1.807) is 36.7 Å². The third-order valence-corrected chi connectivity index (χ3v) is 19.6. The van der Waals surface area contributed by atoms with E-state index in [4.69, 9.17) is 28.9 Å². The van der Waals surface area contributed by atoms with E-state index in [1.165, 1.54) is 25.7 Å². The van der Waals surface area contributed by atoms with Gasteiger partial charge in [0.05, 0.1) is 41.7 Å². The maximum absolute atomic E-state index is 16.6. The van der Waals surface area contributed by atoms with Gasteiger partial charge in [-0.3, -0.25) is 19.8 Å². The van der Waals surface area contributed by atoms with Crippen LogP contribution in [0.4, 0.5) is 20.4 Å². The molecule has 8 saturated heterocycles. The molecule has 4 aromatic carbocycles. The normalized spacial score (nSPS) is 21.4. The van der Waals surface area contributed by atoms with Crippen molar-refractivity contribution in [2.45, 2.75) is 88.1 Å². The zero-order valence-corrected chi connectivity index (χ0v) is 46.2. The van der Waals surface area contributed by atoms with E-state index in [1.807, 2.05) is 48.5 Å². The molecule has 0 amide bonds. The zero-order chi connectivity index (χ0) is 55.2. The standard InChI is InChI=1S/2C32H34FN5O3/c33-26-27(24-15-22(39)14-21-6-1-2-7-23(21)24)34-16-25-28(26)35-30(41-20-32-9-3-11-38(32)12-4-10-32)36-29(25)37-17-31(18-37)8-5-13-40-19-31;33-26-27(24-15-22(39)14-21-6-1-2-7-23(21)24)34-16-25-28(26)35-30(41-20-32-9-4-12-38(32)13-5-10-32)36-29(25)37-11-3-8-31(17-37)18-40-19-31/h2*1-2,6-7,14-16,39H,3-5,8-13,17-20H2. The van der Waals surface area contributed by atoms with E-state index in [0.29, 0.717) is 46.7 Å². The lowest BCUT2D eigenvalue weighted by atomic mass is 9.75. The Hall–Kier alpha value is -7.12. The summed E-state index contributed by atoms with van der Waals surface area (Å²) in [5.74, 6) is 0.376. The molecule has 82 heavy (non-hydrogen) atoms. The fourth-order valence-electron chi connectivity index (χ4n) is 15.4. The Balaban J connectivity index is 0.000000140. The maximum Gasteiger partial charge on any atom is 0.319 e. The average molecular weight is 1110 g/mol. The van der Waals surface area contributed by atoms with Gasteiger partial charge in [0.2, 0.25) is 0 Å². The summed E-state index contributed by atoms with van der Waals surface area (Å²) >= 11 is 0. The van der Waals surface area contributed by atoms with E-state index in [2.05, 4.69) is 39.5 Å². The molecule has 8 aliphatic rings. The number of halogens is 2. The highest BCUT2D eigenvalue weighted by Gasteiger charge is 2.48. The molecule has 12 heterocycles. The van der Waals surface area contributed by atoms with E-state index in [9.17, 15) is 10.2 Å². The second-order valence-electron chi connectivity index (χ2n) is 24.9. The van der Waals surface area contributed by atoms with E-state index < -0.39 is 11.6 Å². The van der Waals surface area contributed by atoms with Gasteiger partial charge in [0.15, 0.2) is 11.6 Å². The van der Waals surface area contributed by atoms with Crippen molar-refractivity contribution in [3.05, 3.63) is 96.8 Å². The maximum atomic E-state index is 16.6. The molecule has 18 heteroatoms. The smallest absolute Gasteiger partial charge is 0.319 e. The van der Waals surface area contributed by atoms with Gasteiger partial charge >= 0.3 is 12.0 Å². The first-order valence-electron chi connectivity index (χ1n) is 29.6. The fraction of sp³-hybridized carbons (Fsp3) is 0.469. The van der Waals surface area contributed by atoms with Crippen LogP contribution in [0.25, 0.3) is 65.9 Å². The Kier molecular flexibility index (Phi) is 12.8. The number of benzene rings is 4. The molecule has 16 rings (SSSR count). The molecule has 8 fully saturated rings. The van der Waals surface area contributed by atoms with Gasteiger partial charge in [-0.25, -0.2) is 8.78 Å². The van der Waals surface area contributed by atoms with Crippen LogP contribution in [0.15, 0.2) is 85.2 Å². The van der Waals surface area contributed by atoms with Gasteiger partial charge in [0.1, 0.15) is 58.8 Å². The van der Waals surface area contributed by atoms with Crippen molar-refractivity contribution in [2.75, 3.05) is 102 Å². The molecule has 4 aromatic heterocycles. The molecule has 0 saturated carbocycles. The second-order valence-corrected chi connectivity index (χ2v) is 24.9. The van der Waals surface area contributed by atoms with Gasteiger partial charge in [0.25, 0.3) is 0 Å². The van der Waals surface area contributed by atoms with Crippen LogP contribution in [0, 0.1) is 22.5 Å². The van der Waals surface area contributed by atoms with Crippen LogP contribution in [-0.2, 0) is 9.47 Å². The minimum absolute atomic E-state index is 0.0271. The third kappa shape index (κ3) is 8.97. The van der Waals surface area contributed by atoms with Crippen molar-refractivity contribution in [2.24, 2.45) is 10.8 Å². The number of anilines is 2. The number of rotatable bonds is 10. The summed E-state index contributed by atoms with van der Waals surface area (Å²) in [4.78, 5) is 37.8. The predicted octanol–water partition coefficient (Wildman–Crippen LogP) is 10.6. The lowest BCUT2D eigenvalue weighted by molar-refractivity contribution is -0.117. The summed E-state index contributed by atoms with van der Waals surface area (Å²) in [5, 5.41) is 25.3. The number of phenolic OH excluding ortho intramolecular Hbond substituents is 2. The summed E-state index contributed by atoms with van der Waals surface area (Å²) < 4.78 is 57.2. The lowest BCUT2D eigenvalue weighted by Gasteiger charge is -2.52. The van der Waals surface area contributed by atoms with Gasteiger partial charge in [-0.05, 0) is 149 Å². The highest BCUT2D eigenvalue weighted by molar-refractivity contribution is 6.01. The molecule has 8 aliphatic heterocycles. The van der Waals surface area contributed by atoms with E-state index in [0.717, 1.165) is 152 Å². The number of pyridine rings is 2. The van der Waals surface area contributed by atoms with Crippen molar-refractivity contribution >= 4 is 55.0 Å². The monoisotopic (exact) mass is 1110 g/mol. The first-order chi connectivity index (χ1) is 40.1. The molecule has 0 radical (unpaired) electrons. The number of nitrogens with zero attached hydrogens (tertiary/aromatic N) is 10. The van der Waals surface area contributed by atoms with Crippen LogP contribution in [0.5, 0.6) is 23.5 Å². The van der Waals surface area contributed by atoms with Crippen LogP contribution in [-0.4, -0.2) is 153 Å². The highest BCUT2D eigenvalue weighted by Crippen LogP contribution is 2.47. The number of aromatic hydroxyl groups is 2. The van der Waals surface area contributed by atoms with Gasteiger partial charge in [-0.1, -0.05) is 48.5 Å². The zero-order valence-electron chi connectivity index (χ0n) is 46.2. The molecular weight excluding hydrogens is 1040 g/mol. The summed E-state index contributed by atoms with van der Waals surface area (Å²) in [6.45, 7) is 11.7. The number of phenols is 2. The molecule has 0 unspecified atom stereocenters. The SMILES string of the molecule is Oc1cc(-c2ncc3c(N4CC5(CCCOC5)C4)nc(OCC45CCCN4CCC5)nc3c2F)c2ccccc2c1.Oc1cc(-c2ncc3c(N4CCCC5(COC5)C4)nc(OCC45CCCN4CCC5)nc3c2F)c2ccccc2c1. The minimum atomic E-state index is -0.537. The first-order valence-corrected chi connectivity index (χ1v) is 29.6. The summed E-state index contributed by atoms with van der Waals surface area (Å²) in [5.41, 5.74) is 2.03. The Morgan fingerprint density at radius 2 is 0.963 bits per heavy atom. The van der Waals surface area contributed by atoms with Crippen LogP contribution >= 0.6 is 0 Å². The number of aromatic nitrogens is 6. The van der Waals surface area contributed by atoms with E-state index >= 15 is 8.78 Å². The Morgan fingerprint density at radius 1 is 0.500 bits per heavy atom. The summed E-state index contributed by atoms with van der Waals surface area (Å²) in [6, 6.07) is 22.1. The third-order valence-electron chi connectivity index (χ3n) is 19.6. The van der Waals surface area contributed by atoms with Crippen molar-refractivity contribution in [3.8, 4) is 46.0 Å². The van der Waals surface area contributed by atoms with Crippen molar-refractivity contribution in [1.82, 2.24) is 39.7 Å². The van der Waals surface area contributed by atoms with Crippen molar-refractivity contribution < 1.29 is 37.9 Å². The van der Waals surface area contributed by atoms with Gasteiger partial charge in [0, 0.05) is 67.1 Å². The summed E-state index contributed by atoms with van der Waals surface area (Å²) in [6.07, 6.45) is 16.8. The number of fused-ring (bicyclic) bond motifs is 6.